The van der Waals surface area contributed by atoms with E-state index >= 15 is 0 Å². The molecule has 0 aromatic heterocycles. The number of fused-ring (bicyclic) bond motifs is 1. The lowest BCUT2D eigenvalue weighted by Crippen LogP contribution is -2.17. The van der Waals surface area contributed by atoms with E-state index in [1.807, 2.05) is 6.92 Å². The van der Waals surface area contributed by atoms with E-state index in [-0.39, 0.29) is 18.2 Å². The fraction of sp³-hybridized carbons (Fsp3) is 0.750. The third-order valence-corrected chi connectivity index (χ3v) is 3.11. The summed E-state index contributed by atoms with van der Waals surface area (Å²) in [7, 11) is 0. The molecule has 2 rings (SSSR count). The Bertz CT molecular complexity index is 260. The minimum atomic E-state index is -0.134. The van der Waals surface area contributed by atoms with Crippen LogP contribution in [-0.2, 0) is 14.3 Å². The van der Waals surface area contributed by atoms with Crippen LogP contribution in [-0.4, -0.2) is 24.8 Å². The molecule has 1 aliphatic heterocycles. The summed E-state index contributed by atoms with van der Waals surface area (Å²) in [6, 6.07) is 0. The van der Waals surface area contributed by atoms with Crippen molar-refractivity contribution >= 4 is 5.97 Å². The van der Waals surface area contributed by atoms with Crippen molar-refractivity contribution in [3.8, 4) is 0 Å². The summed E-state index contributed by atoms with van der Waals surface area (Å²) in [5.41, 5.74) is 0. The minimum absolute atomic E-state index is 0.0711. The number of allylic oxidation sites excluding steroid dienone is 1. The van der Waals surface area contributed by atoms with Gasteiger partial charge in [0.25, 0.3) is 0 Å². The third-order valence-electron chi connectivity index (χ3n) is 3.11. The lowest BCUT2D eigenvalue weighted by atomic mass is 9.89. The molecule has 3 heteroatoms. The lowest BCUT2D eigenvalue weighted by molar-refractivity contribution is -0.145. The van der Waals surface area contributed by atoms with Crippen molar-refractivity contribution in [2.24, 2.45) is 5.92 Å². The Morgan fingerprint density at radius 1 is 1.60 bits per heavy atom. The van der Waals surface area contributed by atoms with Crippen LogP contribution in [0.3, 0.4) is 0 Å². The fourth-order valence-electron chi connectivity index (χ4n) is 2.42. The molecule has 0 bridgehead atoms. The lowest BCUT2D eigenvalue weighted by Gasteiger charge is -2.17. The summed E-state index contributed by atoms with van der Waals surface area (Å²) in [5.74, 6) is 0.486. The quantitative estimate of drug-likeness (QED) is 0.528. The van der Waals surface area contributed by atoms with Gasteiger partial charge in [-0.15, -0.1) is 0 Å². The zero-order valence-electron chi connectivity index (χ0n) is 9.15. The van der Waals surface area contributed by atoms with E-state index in [9.17, 15) is 4.79 Å². The van der Waals surface area contributed by atoms with Crippen LogP contribution in [0.5, 0.6) is 0 Å². The molecule has 3 atom stereocenters. The van der Waals surface area contributed by atoms with Gasteiger partial charge in [-0.3, -0.25) is 4.79 Å². The van der Waals surface area contributed by atoms with Gasteiger partial charge in [-0.2, -0.15) is 0 Å². The molecule has 84 valence electrons. The summed E-state index contributed by atoms with van der Waals surface area (Å²) >= 11 is 0. The van der Waals surface area contributed by atoms with E-state index in [2.05, 4.69) is 12.2 Å². The summed E-state index contributed by atoms with van der Waals surface area (Å²) in [6.07, 6.45) is 8.40. The van der Waals surface area contributed by atoms with Crippen LogP contribution in [0.2, 0.25) is 0 Å². The second-order valence-corrected chi connectivity index (χ2v) is 4.23. The van der Waals surface area contributed by atoms with Gasteiger partial charge in [-0.05, 0) is 32.1 Å². The average molecular weight is 210 g/mol. The molecule has 0 aromatic carbocycles. The monoisotopic (exact) mass is 210 g/mol. The Hall–Kier alpha value is -0.830. The van der Waals surface area contributed by atoms with Crippen molar-refractivity contribution in [2.45, 2.75) is 44.8 Å². The van der Waals surface area contributed by atoms with Crippen LogP contribution in [0.15, 0.2) is 12.2 Å². The molecule has 0 amide bonds. The molecule has 1 unspecified atom stereocenters. The largest absolute Gasteiger partial charge is 0.466 e. The van der Waals surface area contributed by atoms with Gasteiger partial charge in [0.2, 0.25) is 0 Å². The molecule has 0 aromatic rings. The standard InChI is InChI=1S/C12H18O3/c1-2-14-12(13)8-10-7-9-5-3-4-6-11(9)15-10/h4,6,9-11H,2-3,5,7-8H2,1H3/t9-,10?,11-/m0/s1. The Kier molecular flexibility index (Phi) is 3.41. The van der Waals surface area contributed by atoms with Gasteiger partial charge in [0, 0.05) is 0 Å². The van der Waals surface area contributed by atoms with E-state index in [4.69, 9.17) is 9.47 Å². The number of esters is 1. The predicted octanol–water partition coefficient (Wildman–Crippen LogP) is 2.06. The number of carbonyl (C=O) groups excluding carboxylic acids is 1. The smallest absolute Gasteiger partial charge is 0.308 e. The Morgan fingerprint density at radius 3 is 3.20 bits per heavy atom. The predicted molar refractivity (Wildman–Crippen MR) is 56.4 cm³/mol. The van der Waals surface area contributed by atoms with Gasteiger partial charge < -0.3 is 9.47 Å². The van der Waals surface area contributed by atoms with E-state index in [1.165, 1.54) is 6.42 Å². The van der Waals surface area contributed by atoms with E-state index in [0.717, 1.165) is 12.8 Å². The van der Waals surface area contributed by atoms with Crippen molar-refractivity contribution in [1.82, 2.24) is 0 Å². The van der Waals surface area contributed by atoms with Crippen molar-refractivity contribution in [2.75, 3.05) is 6.61 Å². The van der Waals surface area contributed by atoms with Crippen molar-refractivity contribution in [1.29, 1.82) is 0 Å². The fourth-order valence-corrected chi connectivity index (χ4v) is 2.42. The molecule has 2 aliphatic rings. The Balaban J connectivity index is 1.82. The highest BCUT2D eigenvalue weighted by molar-refractivity contribution is 5.70. The zero-order valence-corrected chi connectivity index (χ0v) is 9.15. The second-order valence-electron chi connectivity index (χ2n) is 4.23. The van der Waals surface area contributed by atoms with Crippen molar-refractivity contribution in [3.63, 3.8) is 0 Å². The molecule has 0 radical (unpaired) electrons. The summed E-state index contributed by atoms with van der Waals surface area (Å²) in [6.45, 7) is 2.29. The number of ether oxygens (including phenoxy) is 2. The molecule has 0 spiro atoms. The molecule has 3 nitrogen and oxygen atoms in total. The minimum Gasteiger partial charge on any atom is -0.466 e. The van der Waals surface area contributed by atoms with Crippen molar-refractivity contribution in [3.05, 3.63) is 12.2 Å². The zero-order chi connectivity index (χ0) is 10.7. The maximum Gasteiger partial charge on any atom is 0.308 e. The first-order valence-corrected chi connectivity index (χ1v) is 5.77. The SMILES string of the molecule is CCOC(=O)CC1C[C@@H]2CCC=C[C@@H]2O1. The third kappa shape index (κ3) is 2.59. The first-order chi connectivity index (χ1) is 7.29. The van der Waals surface area contributed by atoms with Crippen LogP contribution in [0.25, 0.3) is 0 Å². The first-order valence-electron chi connectivity index (χ1n) is 5.77. The highest BCUT2D eigenvalue weighted by Gasteiger charge is 2.35. The Labute approximate surface area is 90.4 Å². The second kappa shape index (κ2) is 4.79. The average Bonchev–Trinajstić information content (AvgIpc) is 2.59. The maximum absolute atomic E-state index is 11.3. The number of hydrogen-bond acceptors (Lipinski definition) is 3. The number of rotatable bonds is 3. The molecule has 0 N–H and O–H groups in total. The van der Waals surface area contributed by atoms with Gasteiger partial charge in [0.15, 0.2) is 0 Å². The van der Waals surface area contributed by atoms with Crippen molar-refractivity contribution < 1.29 is 14.3 Å². The molecule has 15 heavy (non-hydrogen) atoms. The summed E-state index contributed by atoms with van der Waals surface area (Å²) < 4.78 is 10.7. The topological polar surface area (TPSA) is 35.5 Å². The van der Waals surface area contributed by atoms with Crippen LogP contribution >= 0.6 is 0 Å². The maximum atomic E-state index is 11.3. The number of hydrogen-bond donors (Lipinski definition) is 0. The van der Waals surface area contributed by atoms with E-state index < -0.39 is 0 Å². The molecule has 1 fully saturated rings. The molecule has 1 heterocycles. The highest BCUT2D eigenvalue weighted by Crippen LogP contribution is 2.35. The normalized spacial score (nSPS) is 33.8. The van der Waals surface area contributed by atoms with Gasteiger partial charge >= 0.3 is 5.97 Å². The Morgan fingerprint density at radius 2 is 2.47 bits per heavy atom. The molecule has 1 saturated heterocycles. The molecule has 1 aliphatic carbocycles. The molecular formula is C12H18O3. The summed E-state index contributed by atoms with van der Waals surface area (Å²) in [4.78, 5) is 11.3. The summed E-state index contributed by atoms with van der Waals surface area (Å²) in [5, 5.41) is 0. The van der Waals surface area contributed by atoms with Crippen LogP contribution in [0.1, 0.15) is 32.6 Å². The van der Waals surface area contributed by atoms with Crippen LogP contribution < -0.4 is 0 Å². The molecular weight excluding hydrogens is 192 g/mol. The van der Waals surface area contributed by atoms with Gasteiger partial charge in [-0.25, -0.2) is 0 Å². The van der Waals surface area contributed by atoms with E-state index in [0.29, 0.717) is 18.9 Å². The highest BCUT2D eigenvalue weighted by atomic mass is 16.5. The molecule has 0 saturated carbocycles. The number of carbonyl (C=O) groups is 1. The first kappa shape index (κ1) is 10.7. The van der Waals surface area contributed by atoms with Gasteiger partial charge in [0.1, 0.15) is 0 Å². The van der Waals surface area contributed by atoms with Gasteiger partial charge in [0.05, 0.1) is 25.2 Å². The van der Waals surface area contributed by atoms with Gasteiger partial charge in [-0.1, -0.05) is 12.2 Å². The van der Waals surface area contributed by atoms with Crippen LogP contribution in [0, 0.1) is 5.92 Å². The van der Waals surface area contributed by atoms with E-state index in [1.54, 1.807) is 0 Å². The van der Waals surface area contributed by atoms with Crippen LogP contribution in [0.4, 0.5) is 0 Å².